The normalized spacial score (nSPS) is 10.5. The summed E-state index contributed by atoms with van der Waals surface area (Å²) in [6.07, 6.45) is 3.45. The molecule has 0 aromatic carbocycles. The topological polar surface area (TPSA) is 66.7 Å². The minimum absolute atomic E-state index is 0. The van der Waals surface area contributed by atoms with Crippen LogP contribution in [0, 0.1) is 13.8 Å². The van der Waals surface area contributed by atoms with Crippen molar-refractivity contribution in [2.45, 2.75) is 20.5 Å². The number of aryl methyl sites for hydroxylation is 2. The van der Waals surface area contributed by atoms with E-state index in [9.17, 15) is 9.90 Å². The van der Waals surface area contributed by atoms with E-state index in [1.165, 1.54) is 0 Å². The molecule has 3 aromatic heterocycles. The van der Waals surface area contributed by atoms with Crippen molar-refractivity contribution in [2.75, 3.05) is 0 Å². The van der Waals surface area contributed by atoms with Gasteiger partial charge in [-0.1, -0.05) is 0 Å². The van der Waals surface area contributed by atoms with Gasteiger partial charge >= 0.3 is 51.4 Å². The summed E-state index contributed by atoms with van der Waals surface area (Å²) >= 11 is 1.58. The molecule has 0 aliphatic carbocycles. The number of carboxylic acids is 1. The molecule has 0 unspecified atom stereocenters. The van der Waals surface area contributed by atoms with Crippen molar-refractivity contribution in [1.29, 1.82) is 0 Å². The number of thiazole rings is 1. The number of carboxylic acid groups (broad SMARTS) is 1. The molecule has 0 aliphatic rings. The number of fused-ring (bicyclic) bond motifs is 1. The van der Waals surface area contributed by atoms with E-state index in [2.05, 4.69) is 4.98 Å². The van der Waals surface area contributed by atoms with Crippen molar-refractivity contribution < 1.29 is 66.0 Å². The van der Waals surface area contributed by atoms with Crippen LogP contribution in [-0.4, -0.2) is 15.4 Å². The molecule has 0 radical (unpaired) electrons. The van der Waals surface area contributed by atoms with E-state index in [0.29, 0.717) is 17.9 Å². The molecule has 0 saturated heterocycles. The zero-order valence-electron chi connectivity index (χ0n) is 12.6. The Morgan fingerprint density at radius 1 is 1.41 bits per heavy atom. The minimum atomic E-state index is -1.19. The first-order chi connectivity index (χ1) is 10.0. The van der Waals surface area contributed by atoms with Crippen molar-refractivity contribution in [2.24, 2.45) is 0 Å². The monoisotopic (exact) mass is 340 g/mol. The van der Waals surface area contributed by atoms with Gasteiger partial charge < -0.3 is 19.0 Å². The molecule has 22 heavy (non-hydrogen) atoms. The van der Waals surface area contributed by atoms with Gasteiger partial charge in [0, 0.05) is 11.7 Å². The molecule has 0 aliphatic heterocycles. The van der Waals surface area contributed by atoms with Crippen molar-refractivity contribution in [1.82, 2.24) is 9.38 Å². The van der Waals surface area contributed by atoms with E-state index in [1.54, 1.807) is 35.1 Å². The molecule has 0 bridgehead atoms. The predicted molar refractivity (Wildman–Crippen MR) is 77.6 cm³/mol. The van der Waals surface area contributed by atoms with Crippen LogP contribution in [0.5, 0.6) is 5.75 Å². The van der Waals surface area contributed by atoms with Gasteiger partial charge in [0.1, 0.15) is 12.4 Å². The second kappa shape index (κ2) is 7.25. The van der Waals surface area contributed by atoms with E-state index < -0.39 is 5.97 Å². The maximum absolute atomic E-state index is 11.2. The fourth-order valence-corrected chi connectivity index (χ4v) is 2.96. The first kappa shape index (κ1) is 17.6. The summed E-state index contributed by atoms with van der Waals surface area (Å²) in [4.78, 5) is 16.4. The van der Waals surface area contributed by atoms with Crippen molar-refractivity contribution in [3.8, 4) is 5.75 Å². The van der Waals surface area contributed by atoms with Crippen LogP contribution in [0.1, 0.15) is 25.9 Å². The van der Waals surface area contributed by atoms with Gasteiger partial charge in [-0.05, 0) is 37.6 Å². The largest absolute Gasteiger partial charge is 1.00 e. The third-order valence-corrected chi connectivity index (χ3v) is 4.06. The number of carbonyl (C=O) groups is 1. The summed E-state index contributed by atoms with van der Waals surface area (Å²) in [7, 11) is 0. The Morgan fingerprint density at radius 3 is 2.82 bits per heavy atom. The van der Waals surface area contributed by atoms with E-state index in [1.807, 2.05) is 25.1 Å². The summed E-state index contributed by atoms with van der Waals surface area (Å²) in [5.41, 5.74) is 1.63. The molecule has 3 aromatic rings. The van der Waals surface area contributed by atoms with Gasteiger partial charge in [0.25, 0.3) is 0 Å². The number of nitrogens with zero attached hydrogens (tertiary/aromatic N) is 2. The van der Waals surface area contributed by atoms with Crippen molar-refractivity contribution >= 4 is 22.8 Å². The second-order valence-electron chi connectivity index (χ2n) is 4.76. The molecule has 5 nitrogen and oxygen atoms in total. The zero-order chi connectivity index (χ0) is 15.0. The molecule has 0 saturated carbocycles. The third kappa shape index (κ3) is 3.61. The van der Waals surface area contributed by atoms with Gasteiger partial charge in [-0.2, -0.15) is 0 Å². The number of hydrogen-bond donors (Lipinski definition) is 0. The summed E-state index contributed by atoms with van der Waals surface area (Å²) in [5.74, 6) is -0.589. The molecule has 0 N–H and O–H groups in total. The van der Waals surface area contributed by atoms with Crippen LogP contribution in [0.15, 0.2) is 30.6 Å². The minimum Gasteiger partial charge on any atom is -0.543 e. The number of carbonyl (C=O) groups excluding carboxylic acids is 1. The van der Waals surface area contributed by atoms with Crippen LogP contribution >= 0.6 is 11.3 Å². The molecule has 0 fully saturated rings. The maximum Gasteiger partial charge on any atom is 1.00 e. The van der Waals surface area contributed by atoms with Crippen LogP contribution in [0.4, 0.5) is 0 Å². The fourth-order valence-electron chi connectivity index (χ4n) is 2.26. The van der Waals surface area contributed by atoms with E-state index >= 15 is 0 Å². The number of aromatic nitrogens is 2. The Kier molecular flexibility index (Phi) is 5.81. The SMILES string of the molecule is Cc1ncc(COc2ccc3cc(C)c(C(=O)[O-])n3c2)s1.[K+]. The number of ether oxygens (including phenoxy) is 1. The van der Waals surface area contributed by atoms with Gasteiger partial charge in [0.15, 0.2) is 0 Å². The first-order valence-corrected chi connectivity index (χ1v) is 7.23. The van der Waals surface area contributed by atoms with Gasteiger partial charge in [-0.15, -0.1) is 11.3 Å². The Balaban J connectivity index is 0.00000176. The quantitative estimate of drug-likeness (QED) is 0.569. The molecule has 0 spiro atoms. The molecular weight excluding hydrogens is 327 g/mol. The van der Waals surface area contributed by atoms with Crippen LogP contribution < -0.4 is 61.2 Å². The van der Waals surface area contributed by atoms with Crippen LogP contribution in [-0.2, 0) is 6.61 Å². The molecule has 7 heteroatoms. The Bertz CT molecular complexity index is 825. The first-order valence-electron chi connectivity index (χ1n) is 6.42. The van der Waals surface area contributed by atoms with E-state index in [-0.39, 0.29) is 57.1 Å². The molecule has 0 atom stereocenters. The molecule has 3 rings (SSSR count). The zero-order valence-corrected chi connectivity index (χ0v) is 16.6. The number of pyridine rings is 1. The molecule has 0 amide bonds. The average Bonchev–Trinajstić information content (AvgIpc) is 2.98. The maximum atomic E-state index is 11.2. The Morgan fingerprint density at radius 2 is 2.18 bits per heavy atom. The van der Waals surface area contributed by atoms with Gasteiger partial charge in [0.2, 0.25) is 0 Å². The summed E-state index contributed by atoms with van der Waals surface area (Å²) in [5, 5.41) is 12.2. The number of rotatable bonds is 4. The number of hydrogen-bond acceptors (Lipinski definition) is 5. The summed E-state index contributed by atoms with van der Waals surface area (Å²) in [6, 6.07) is 5.45. The predicted octanol–water partition coefficient (Wildman–Crippen LogP) is -1.04. The molecule has 108 valence electrons. The summed E-state index contributed by atoms with van der Waals surface area (Å²) < 4.78 is 7.27. The van der Waals surface area contributed by atoms with Gasteiger partial charge in [-0.25, -0.2) is 4.98 Å². The smallest absolute Gasteiger partial charge is 0.543 e. The van der Waals surface area contributed by atoms with Crippen LogP contribution in [0.2, 0.25) is 0 Å². The second-order valence-corrected chi connectivity index (χ2v) is 6.08. The average molecular weight is 340 g/mol. The van der Waals surface area contributed by atoms with Crippen LogP contribution in [0.3, 0.4) is 0 Å². The van der Waals surface area contributed by atoms with Gasteiger partial charge in [0.05, 0.1) is 27.7 Å². The van der Waals surface area contributed by atoms with E-state index in [0.717, 1.165) is 15.4 Å². The fraction of sp³-hybridized carbons (Fsp3) is 0.200. The summed E-state index contributed by atoms with van der Waals surface area (Å²) in [6.45, 7) is 4.10. The van der Waals surface area contributed by atoms with Crippen molar-refractivity contribution in [3.63, 3.8) is 0 Å². The number of aromatic carboxylic acids is 1. The Labute approximate surface area is 174 Å². The van der Waals surface area contributed by atoms with Crippen molar-refractivity contribution in [3.05, 3.63) is 51.7 Å². The van der Waals surface area contributed by atoms with Crippen LogP contribution in [0.25, 0.3) is 5.52 Å². The Hall–Kier alpha value is -0.704. The standard InChI is InChI=1S/C15H14N2O3S.K/c1-9-5-11-3-4-12(7-17(11)14(9)15(18)19)20-8-13-6-16-10(2)21-13;/h3-7H,8H2,1-2H3,(H,18,19);/q;+1/p-1. The molecular formula is C15H13KN2O3S. The third-order valence-electron chi connectivity index (χ3n) is 3.18. The van der Waals surface area contributed by atoms with E-state index in [4.69, 9.17) is 4.74 Å². The van der Waals surface area contributed by atoms with Gasteiger partial charge in [-0.3, -0.25) is 0 Å². The molecule has 3 heterocycles.